The third-order valence-electron chi connectivity index (χ3n) is 3.32. The summed E-state index contributed by atoms with van der Waals surface area (Å²) < 4.78 is 12.5. The Balaban J connectivity index is 1.87. The van der Waals surface area contributed by atoms with Crippen LogP contribution >= 0.6 is 27.3 Å². The van der Waals surface area contributed by atoms with Crippen LogP contribution in [0.2, 0.25) is 0 Å². The molecule has 1 aromatic heterocycles. The maximum Gasteiger partial charge on any atom is 0.0849 e. The average molecular weight is 304 g/mol. The molecule has 2 aliphatic heterocycles. The fourth-order valence-corrected chi connectivity index (χ4v) is 3.95. The van der Waals surface area contributed by atoms with Gasteiger partial charge >= 0.3 is 0 Å². The van der Waals surface area contributed by atoms with E-state index in [4.69, 9.17) is 9.47 Å². The van der Waals surface area contributed by atoms with Crippen molar-refractivity contribution in [3.63, 3.8) is 0 Å². The van der Waals surface area contributed by atoms with Gasteiger partial charge < -0.3 is 14.8 Å². The number of thiophene rings is 1. The number of morpholine rings is 1. The van der Waals surface area contributed by atoms with Crippen molar-refractivity contribution in [2.24, 2.45) is 0 Å². The molecule has 0 aromatic carbocycles. The van der Waals surface area contributed by atoms with Crippen LogP contribution in [0.3, 0.4) is 0 Å². The Kier molecular flexibility index (Phi) is 3.06. The summed E-state index contributed by atoms with van der Waals surface area (Å²) in [7, 11) is 0. The second kappa shape index (κ2) is 4.38. The zero-order valence-corrected chi connectivity index (χ0v) is 11.3. The Morgan fingerprint density at radius 2 is 2.38 bits per heavy atom. The molecule has 0 radical (unpaired) electrons. The van der Waals surface area contributed by atoms with E-state index in [-0.39, 0.29) is 11.5 Å². The fourth-order valence-electron chi connectivity index (χ4n) is 2.30. The van der Waals surface area contributed by atoms with Gasteiger partial charge in [0, 0.05) is 27.8 Å². The van der Waals surface area contributed by atoms with E-state index in [0.717, 1.165) is 37.4 Å². The van der Waals surface area contributed by atoms with Gasteiger partial charge in [0.05, 0.1) is 31.3 Å². The lowest BCUT2D eigenvalue weighted by molar-refractivity contribution is -0.144. The highest BCUT2D eigenvalue weighted by atomic mass is 79.9. The first kappa shape index (κ1) is 11.2. The number of hydrogen-bond donors (Lipinski definition) is 1. The smallest absolute Gasteiger partial charge is 0.0849 e. The van der Waals surface area contributed by atoms with E-state index in [1.807, 2.05) is 0 Å². The molecule has 5 heteroatoms. The van der Waals surface area contributed by atoms with Gasteiger partial charge in [-0.3, -0.25) is 0 Å². The minimum atomic E-state index is 0.0874. The van der Waals surface area contributed by atoms with Crippen LogP contribution in [0, 0.1) is 0 Å². The Labute approximate surface area is 107 Å². The van der Waals surface area contributed by atoms with Crippen LogP contribution in [-0.2, 0) is 14.9 Å². The highest BCUT2D eigenvalue weighted by Crippen LogP contribution is 2.41. The third-order valence-corrected chi connectivity index (χ3v) is 5.23. The highest BCUT2D eigenvalue weighted by molar-refractivity contribution is 9.10. The van der Waals surface area contributed by atoms with Crippen molar-refractivity contribution in [2.75, 3.05) is 32.9 Å². The molecule has 1 atom stereocenters. The molecule has 16 heavy (non-hydrogen) atoms. The van der Waals surface area contributed by atoms with E-state index >= 15 is 0 Å². The molecular weight excluding hydrogens is 290 g/mol. The minimum Gasteiger partial charge on any atom is -0.379 e. The molecule has 0 bridgehead atoms. The predicted molar refractivity (Wildman–Crippen MR) is 67.1 cm³/mol. The summed E-state index contributed by atoms with van der Waals surface area (Å²) in [5.41, 5.74) is 0.0874. The minimum absolute atomic E-state index is 0.0874. The van der Waals surface area contributed by atoms with Gasteiger partial charge in [0.1, 0.15) is 0 Å². The lowest BCUT2D eigenvalue weighted by Crippen LogP contribution is -2.60. The molecule has 3 heterocycles. The van der Waals surface area contributed by atoms with Crippen molar-refractivity contribution in [1.29, 1.82) is 0 Å². The van der Waals surface area contributed by atoms with E-state index in [1.54, 1.807) is 11.3 Å². The van der Waals surface area contributed by atoms with Gasteiger partial charge in [-0.05, 0) is 22.0 Å². The standard InChI is InChI=1S/C11H14BrNO2S/c12-8-3-10(16-5-8)11(6-14-7-11)9-4-13-1-2-15-9/h3,5,9,13H,1-2,4,6-7H2. The number of rotatable bonds is 2. The first-order valence-electron chi connectivity index (χ1n) is 5.46. The van der Waals surface area contributed by atoms with Crippen molar-refractivity contribution in [3.8, 4) is 0 Å². The predicted octanol–water partition coefficient (Wildman–Crippen LogP) is 1.77. The monoisotopic (exact) mass is 303 g/mol. The Morgan fingerprint density at radius 1 is 1.50 bits per heavy atom. The lowest BCUT2D eigenvalue weighted by atomic mass is 9.78. The largest absolute Gasteiger partial charge is 0.379 e. The van der Waals surface area contributed by atoms with Crippen LogP contribution in [0.5, 0.6) is 0 Å². The van der Waals surface area contributed by atoms with Crippen LogP contribution < -0.4 is 5.32 Å². The topological polar surface area (TPSA) is 30.5 Å². The van der Waals surface area contributed by atoms with Gasteiger partial charge in [-0.1, -0.05) is 0 Å². The molecule has 0 spiro atoms. The second-order valence-electron chi connectivity index (χ2n) is 4.34. The van der Waals surface area contributed by atoms with Crippen LogP contribution in [0.1, 0.15) is 4.88 Å². The van der Waals surface area contributed by atoms with Crippen molar-refractivity contribution in [1.82, 2.24) is 5.32 Å². The second-order valence-corrected chi connectivity index (χ2v) is 6.17. The zero-order chi connectivity index (χ0) is 11.0. The molecule has 1 aromatic rings. The number of ether oxygens (including phenoxy) is 2. The maximum absolute atomic E-state index is 5.90. The van der Waals surface area contributed by atoms with Gasteiger partial charge in [-0.2, -0.15) is 0 Å². The number of hydrogen-bond acceptors (Lipinski definition) is 4. The summed E-state index contributed by atoms with van der Waals surface area (Å²) in [5.74, 6) is 0. The number of nitrogens with one attached hydrogen (secondary N) is 1. The van der Waals surface area contributed by atoms with E-state index in [0.29, 0.717) is 0 Å². The highest BCUT2D eigenvalue weighted by Gasteiger charge is 2.49. The zero-order valence-electron chi connectivity index (χ0n) is 8.87. The van der Waals surface area contributed by atoms with Crippen molar-refractivity contribution < 1.29 is 9.47 Å². The van der Waals surface area contributed by atoms with Crippen molar-refractivity contribution in [2.45, 2.75) is 11.5 Å². The summed E-state index contributed by atoms with van der Waals surface area (Å²) in [6, 6.07) is 2.20. The van der Waals surface area contributed by atoms with Gasteiger partial charge in [-0.25, -0.2) is 0 Å². The quantitative estimate of drug-likeness (QED) is 0.903. The molecule has 3 nitrogen and oxygen atoms in total. The van der Waals surface area contributed by atoms with Gasteiger partial charge in [-0.15, -0.1) is 11.3 Å². The van der Waals surface area contributed by atoms with Crippen LogP contribution in [-0.4, -0.2) is 39.0 Å². The summed E-state index contributed by atoms with van der Waals surface area (Å²) in [6.45, 7) is 4.26. The first-order valence-corrected chi connectivity index (χ1v) is 7.13. The summed E-state index contributed by atoms with van der Waals surface area (Å²) in [5, 5.41) is 5.53. The molecule has 2 fully saturated rings. The molecule has 1 N–H and O–H groups in total. The molecule has 0 amide bonds. The van der Waals surface area contributed by atoms with E-state index < -0.39 is 0 Å². The molecule has 3 rings (SSSR count). The van der Waals surface area contributed by atoms with E-state index in [9.17, 15) is 0 Å². The molecule has 2 saturated heterocycles. The van der Waals surface area contributed by atoms with Gasteiger partial charge in [0.25, 0.3) is 0 Å². The van der Waals surface area contributed by atoms with Crippen molar-refractivity contribution >= 4 is 27.3 Å². The Bertz CT molecular complexity index is 372. The molecule has 0 saturated carbocycles. The fraction of sp³-hybridized carbons (Fsp3) is 0.636. The van der Waals surface area contributed by atoms with E-state index in [2.05, 4.69) is 32.7 Å². The lowest BCUT2D eigenvalue weighted by Gasteiger charge is -2.47. The van der Waals surface area contributed by atoms with Crippen molar-refractivity contribution in [3.05, 3.63) is 20.8 Å². The van der Waals surface area contributed by atoms with Crippen LogP contribution in [0.15, 0.2) is 15.9 Å². The number of halogens is 1. The molecule has 0 aliphatic carbocycles. The molecule has 88 valence electrons. The average Bonchev–Trinajstić information content (AvgIpc) is 2.65. The molecule has 1 unspecified atom stereocenters. The summed E-state index contributed by atoms with van der Waals surface area (Å²) >= 11 is 5.31. The maximum atomic E-state index is 5.90. The Hall–Kier alpha value is 0.0600. The van der Waals surface area contributed by atoms with E-state index in [1.165, 1.54) is 4.88 Å². The molecular formula is C11H14BrNO2S. The summed E-state index contributed by atoms with van der Waals surface area (Å²) in [4.78, 5) is 1.37. The normalized spacial score (nSPS) is 28.7. The summed E-state index contributed by atoms with van der Waals surface area (Å²) in [6.07, 6.45) is 0.251. The molecule has 2 aliphatic rings. The van der Waals surface area contributed by atoms with Crippen LogP contribution in [0.4, 0.5) is 0 Å². The SMILES string of the molecule is Brc1csc(C2(C3CNCCO3)COC2)c1. The third kappa shape index (κ3) is 1.75. The first-order chi connectivity index (χ1) is 7.81. The Morgan fingerprint density at radius 3 is 2.88 bits per heavy atom. The van der Waals surface area contributed by atoms with Gasteiger partial charge in [0.2, 0.25) is 0 Å². The van der Waals surface area contributed by atoms with Gasteiger partial charge in [0.15, 0.2) is 0 Å². The van der Waals surface area contributed by atoms with Crippen LogP contribution in [0.25, 0.3) is 0 Å².